The maximum absolute atomic E-state index is 11.2. The van der Waals surface area contributed by atoms with Crippen LogP contribution in [-0.2, 0) is 14.6 Å². The van der Waals surface area contributed by atoms with Crippen molar-refractivity contribution < 1.29 is 18.3 Å². The predicted octanol–water partition coefficient (Wildman–Crippen LogP) is 0.654. The van der Waals surface area contributed by atoms with Gasteiger partial charge in [-0.1, -0.05) is 20.3 Å². The van der Waals surface area contributed by atoms with E-state index in [1.165, 1.54) is 0 Å². The summed E-state index contributed by atoms with van der Waals surface area (Å²) in [5.41, 5.74) is -1.03. The van der Waals surface area contributed by atoms with Gasteiger partial charge in [-0.2, -0.15) is 0 Å². The van der Waals surface area contributed by atoms with E-state index >= 15 is 0 Å². The van der Waals surface area contributed by atoms with E-state index in [2.05, 4.69) is 5.32 Å². The molecule has 0 aromatic heterocycles. The highest BCUT2D eigenvalue weighted by Crippen LogP contribution is 2.12. The monoisotopic (exact) mass is 251 g/mol. The number of aliphatic carboxylic acids is 1. The summed E-state index contributed by atoms with van der Waals surface area (Å²) in [4.78, 5) is 11.0. The largest absolute Gasteiger partial charge is 0.480 e. The lowest BCUT2D eigenvalue weighted by Crippen LogP contribution is -2.50. The Bertz CT molecular complexity index is 326. The predicted molar refractivity (Wildman–Crippen MR) is 63.3 cm³/mol. The molecule has 0 aromatic rings. The van der Waals surface area contributed by atoms with Crippen LogP contribution in [0, 0.1) is 0 Å². The number of hydrogen-bond donors (Lipinski definition) is 2. The Morgan fingerprint density at radius 1 is 1.38 bits per heavy atom. The lowest BCUT2D eigenvalue weighted by molar-refractivity contribution is -0.144. The Morgan fingerprint density at radius 3 is 2.31 bits per heavy atom. The Morgan fingerprint density at radius 2 is 1.94 bits per heavy atom. The van der Waals surface area contributed by atoms with Crippen molar-refractivity contribution in [3.8, 4) is 0 Å². The van der Waals surface area contributed by atoms with Gasteiger partial charge in [-0.15, -0.1) is 0 Å². The molecule has 96 valence electrons. The Kier molecular flexibility index (Phi) is 5.96. The van der Waals surface area contributed by atoms with Crippen molar-refractivity contribution >= 4 is 15.8 Å². The molecule has 0 aliphatic carbocycles. The van der Waals surface area contributed by atoms with Gasteiger partial charge in [0.1, 0.15) is 5.54 Å². The maximum atomic E-state index is 11.2. The second-order valence-electron chi connectivity index (χ2n) is 4.05. The molecule has 0 aromatic carbocycles. The van der Waals surface area contributed by atoms with Crippen LogP contribution in [0.3, 0.4) is 0 Å². The number of carbonyl (C=O) groups is 1. The molecule has 16 heavy (non-hydrogen) atoms. The average Bonchev–Trinajstić information content (AvgIpc) is 2.17. The number of rotatable bonds is 8. The van der Waals surface area contributed by atoms with Crippen LogP contribution < -0.4 is 5.32 Å². The fourth-order valence-electron chi connectivity index (χ4n) is 1.40. The van der Waals surface area contributed by atoms with Gasteiger partial charge in [0.05, 0.1) is 5.75 Å². The van der Waals surface area contributed by atoms with Crippen LogP contribution in [0.25, 0.3) is 0 Å². The van der Waals surface area contributed by atoms with E-state index in [9.17, 15) is 13.2 Å². The minimum Gasteiger partial charge on any atom is -0.480 e. The van der Waals surface area contributed by atoms with Gasteiger partial charge in [0, 0.05) is 12.3 Å². The summed E-state index contributed by atoms with van der Waals surface area (Å²) in [5.74, 6) is -0.870. The lowest BCUT2D eigenvalue weighted by atomic mass is 9.96. The van der Waals surface area contributed by atoms with Crippen LogP contribution >= 0.6 is 0 Å². The fourth-order valence-corrected chi connectivity index (χ4v) is 2.10. The SMILES string of the molecule is CCCC(C)(NCCS(=O)(=O)CC)C(=O)O. The molecular formula is C10H21NO4S. The number of carboxylic acid groups (broad SMARTS) is 1. The van der Waals surface area contributed by atoms with E-state index < -0.39 is 21.3 Å². The molecule has 0 saturated carbocycles. The molecule has 0 radical (unpaired) electrons. The molecule has 0 fully saturated rings. The van der Waals surface area contributed by atoms with E-state index in [0.29, 0.717) is 6.42 Å². The summed E-state index contributed by atoms with van der Waals surface area (Å²) >= 11 is 0. The first-order valence-corrected chi connectivity index (χ1v) is 7.28. The lowest BCUT2D eigenvalue weighted by Gasteiger charge is -2.25. The summed E-state index contributed by atoms with van der Waals surface area (Å²) in [6.07, 6.45) is 1.21. The topological polar surface area (TPSA) is 83.5 Å². The van der Waals surface area contributed by atoms with E-state index in [0.717, 1.165) is 6.42 Å². The van der Waals surface area contributed by atoms with Crippen LogP contribution in [0.2, 0.25) is 0 Å². The summed E-state index contributed by atoms with van der Waals surface area (Å²) in [7, 11) is -3.04. The fraction of sp³-hybridized carbons (Fsp3) is 0.900. The van der Waals surface area contributed by atoms with Crippen molar-refractivity contribution in [3.63, 3.8) is 0 Å². The second-order valence-corrected chi connectivity index (χ2v) is 6.52. The first-order chi connectivity index (χ1) is 7.27. The molecule has 1 atom stereocenters. The third-order valence-corrected chi connectivity index (χ3v) is 4.30. The molecule has 6 heteroatoms. The summed E-state index contributed by atoms with van der Waals surface area (Å²) in [6, 6.07) is 0. The molecule has 5 nitrogen and oxygen atoms in total. The first-order valence-electron chi connectivity index (χ1n) is 5.46. The number of carboxylic acids is 1. The van der Waals surface area contributed by atoms with E-state index in [-0.39, 0.29) is 18.1 Å². The minimum atomic E-state index is -3.04. The van der Waals surface area contributed by atoms with E-state index in [1.54, 1.807) is 13.8 Å². The zero-order valence-electron chi connectivity index (χ0n) is 10.1. The van der Waals surface area contributed by atoms with Crippen molar-refractivity contribution in [2.75, 3.05) is 18.1 Å². The smallest absolute Gasteiger partial charge is 0.323 e. The third kappa shape index (κ3) is 4.94. The molecule has 1 unspecified atom stereocenters. The Hall–Kier alpha value is -0.620. The van der Waals surface area contributed by atoms with Gasteiger partial charge >= 0.3 is 5.97 Å². The van der Waals surface area contributed by atoms with Crippen LogP contribution in [0.15, 0.2) is 0 Å². The normalized spacial score (nSPS) is 15.7. The van der Waals surface area contributed by atoms with Crippen molar-refractivity contribution in [1.82, 2.24) is 5.32 Å². The van der Waals surface area contributed by atoms with Gasteiger partial charge in [0.15, 0.2) is 9.84 Å². The molecule has 0 aliphatic rings. The molecule has 0 rings (SSSR count). The molecule has 0 saturated heterocycles. The van der Waals surface area contributed by atoms with Crippen LogP contribution in [0.4, 0.5) is 0 Å². The zero-order valence-corrected chi connectivity index (χ0v) is 10.9. The summed E-state index contributed by atoms with van der Waals surface area (Å²) in [5, 5.41) is 11.8. The average molecular weight is 251 g/mol. The zero-order chi connectivity index (χ0) is 12.8. The van der Waals surface area contributed by atoms with Crippen LogP contribution in [-0.4, -0.2) is 43.1 Å². The molecule has 0 amide bonds. The van der Waals surface area contributed by atoms with Crippen molar-refractivity contribution in [2.24, 2.45) is 0 Å². The Balaban J connectivity index is 4.30. The highest BCUT2D eigenvalue weighted by atomic mass is 32.2. The molecule has 0 aliphatic heterocycles. The number of sulfone groups is 1. The highest BCUT2D eigenvalue weighted by Gasteiger charge is 2.31. The quantitative estimate of drug-likeness (QED) is 0.662. The van der Waals surface area contributed by atoms with Crippen LogP contribution in [0.5, 0.6) is 0 Å². The molecule has 0 spiro atoms. The van der Waals surface area contributed by atoms with E-state index in [4.69, 9.17) is 5.11 Å². The number of nitrogens with one attached hydrogen (secondary N) is 1. The third-order valence-electron chi connectivity index (χ3n) is 2.59. The van der Waals surface area contributed by atoms with E-state index in [1.807, 2.05) is 6.92 Å². The highest BCUT2D eigenvalue weighted by molar-refractivity contribution is 7.91. The van der Waals surface area contributed by atoms with Gasteiger partial charge < -0.3 is 10.4 Å². The molecule has 2 N–H and O–H groups in total. The van der Waals surface area contributed by atoms with Gasteiger partial charge in [0.25, 0.3) is 0 Å². The van der Waals surface area contributed by atoms with Gasteiger partial charge in [-0.25, -0.2) is 8.42 Å². The van der Waals surface area contributed by atoms with Crippen molar-refractivity contribution in [2.45, 2.75) is 39.2 Å². The van der Waals surface area contributed by atoms with Crippen LogP contribution in [0.1, 0.15) is 33.6 Å². The molecule has 0 heterocycles. The first kappa shape index (κ1) is 15.4. The minimum absolute atomic E-state index is 0.0178. The summed E-state index contributed by atoms with van der Waals surface area (Å²) < 4.78 is 22.5. The second kappa shape index (κ2) is 6.20. The molecule has 0 bridgehead atoms. The van der Waals surface area contributed by atoms with Gasteiger partial charge in [-0.05, 0) is 13.3 Å². The number of hydrogen-bond acceptors (Lipinski definition) is 4. The Labute approximate surface area is 97.2 Å². The van der Waals surface area contributed by atoms with Crippen molar-refractivity contribution in [3.05, 3.63) is 0 Å². The maximum Gasteiger partial charge on any atom is 0.323 e. The summed E-state index contributed by atoms with van der Waals surface area (Å²) in [6.45, 7) is 5.24. The molecular weight excluding hydrogens is 230 g/mol. The van der Waals surface area contributed by atoms with Gasteiger partial charge in [-0.3, -0.25) is 4.79 Å². The standard InChI is InChI=1S/C10H21NO4S/c1-4-6-10(3,9(12)13)11-7-8-16(14,15)5-2/h11H,4-8H2,1-3H3,(H,12,13). The van der Waals surface area contributed by atoms with Gasteiger partial charge in [0.2, 0.25) is 0 Å². The van der Waals surface area contributed by atoms with Crippen molar-refractivity contribution in [1.29, 1.82) is 0 Å².